The van der Waals surface area contributed by atoms with Crippen LogP contribution in [0.1, 0.15) is 0 Å². The number of aromatic nitrogens is 6. The quantitative estimate of drug-likeness (QED) is 0.137. The number of hydrogen-bond donors (Lipinski definition) is 0. The first-order valence-electron chi connectivity index (χ1n) is 32.1. The van der Waals surface area contributed by atoms with Gasteiger partial charge in [0.1, 0.15) is 0 Å². The molecule has 14 aromatic carbocycles. The fourth-order valence-electron chi connectivity index (χ4n) is 15.0. The zero-order valence-electron chi connectivity index (χ0n) is 51.0. The molecule has 0 aliphatic rings. The van der Waals surface area contributed by atoms with Crippen molar-refractivity contribution in [2.24, 2.45) is 0 Å². The van der Waals surface area contributed by atoms with E-state index in [1.54, 1.807) is 0 Å². The zero-order chi connectivity index (χ0) is 61.8. The highest BCUT2D eigenvalue weighted by molar-refractivity contribution is 6.15. The van der Waals surface area contributed by atoms with Crippen molar-refractivity contribution in [3.05, 3.63) is 340 Å². The molecular formula is C88H56N6. The number of hydrogen-bond acceptors (Lipinski definition) is 2. The first-order chi connectivity index (χ1) is 46.6. The molecule has 6 heteroatoms. The average Bonchev–Trinajstić information content (AvgIpc) is 1.56. The lowest BCUT2D eigenvalue weighted by Gasteiger charge is -2.18. The van der Waals surface area contributed by atoms with Gasteiger partial charge in [0.25, 0.3) is 0 Å². The van der Waals surface area contributed by atoms with E-state index >= 15 is 0 Å². The maximum atomic E-state index is 5.74. The standard InChI is InChI=1S/C88H56N6/c1-5-23-57(24-6-1)67-37-22-38-72(87(67)58-25-7-2-8-26-58)78-56-77(89-88(90-78)94-82-42-20-16-36-71(82)76-55-62(46-50-86(76)94)60-44-48-84-74(53-60)69-34-14-18-40-80(69)92(84)65-30-11-4-12-31-65)63-27-21-32-66(51-63)93-81-41-19-15-35-70(81)75-54-61(45-49-85(75)93)59-43-47-83-73(52-59)68-33-13-17-39-79(68)91(83)64-28-9-3-10-29-64/h1-56H. The highest BCUT2D eigenvalue weighted by atomic mass is 15.2. The van der Waals surface area contributed by atoms with Crippen molar-refractivity contribution >= 4 is 87.2 Å². The Morgan fingerprint density at radius 2 is 0.511 bits per heavy atom. The van der Waals surface area contributed by atoms with Crippen LogP contribution >= 0.6 is 0 Å². The normalized spacial score (nSPS) is 11.8. The number of para-hydroxylation sites is 6. The van der Waals surface area contributed by atoms with Gasteiger partial charge in [0, 0.05) is 71.3 Å². The molecule has 19 aromatic rings. The highest BCUT2D eigenvalue weighted by Gasteiger charge is 2.23. The Morgan fingerprint density at radius 1 is 0.181 bits per heavy atom. The molecule has 5 aromatic heterocycles. The molecule has 0 aliphatic heterocycles. The Hall–Kier alpha value is -12.6. The molecule has 0 saturated heterocycles. The Bertz CT molecular complexity index is 6210. The molecule has 438 valence electrons. The average molecular weight is 1200 g/mol. The number of fused-ring (bicyclic) bond motifs is 12. The van der Waals surface area contributed by atoms with Crippen molar-refractivity contribution in [2.45, 2.75) is 0 Å². The van der Waals surface area contributed by atoms with Gasteiger partial charge in [0.05, 0.1) is 55.5 Å². The monoisotopic (exact) mass is 1200 g/mol. The molecule has 0 fully saturated rings. The third kappa shape index (κ3) is 8.51. The molecule has 0 atom stereocenters. The molecule has 0 saturated carbocycles. The van der Waals surface area contributed by atoms with E-state index in [-0.39, 0.29) is 0 Å². The van der Waals surface area contributed by atoms with E-state index in [9.17, 15) is 0 Å². The van der Waals surface area contributed by atoms with Gasteiger partial charge in [-0.25, -0.2) is 9.97 Å². The lowest BCUT2D eigenvalue weighted by Crippen LogP contribution is -2.05. The van der Waals surface area contributed by atoms with E-state index in [0.717, 1.165) is 106 Å². The molecule has 0 radical (unpaired) electrons. The van der Waals surface area contributed by atoms with Gasteiger partial charge >= 0.3 is 0 Å². The van der Waals surface area contributed by atoms with Crippen molar-refractivity contribution in [2.75, 3.05) is 0 Å². The number of benzene rings is 14. The van der Waals surface area contributed by atoms with Crippen molar-refractivity contribution in [1.29, 1.82) is 0 Å². The fourth-order valence-corrected chi connectivity index (χ4v) is 15.0. The Kier molecular flexibility index (Phi) is 12.2. The Balaban J connectivity index is 0.782. The lowest BCUT2D eigenvalue weighted by atomic mass is 9.89. The summed E-state index contributed by atoms with van der Waals surface area (Å²) in [5.74, 6) is 0.586. The predicted octanol–water partition coefficient (Wildman–Crippen LogP) is 22.9. The minimum absolute atomic E-state index is 0.586. The van der Waals surface area contributed by atoms with Gasteiger partial charge in [0.2, 0.25) is 5.95 Å². The largest absolute Gasteiger partial charge is 0.309 e. The summed E-state index contributed by atoms with van der Waals surface area (Å²) in [5, 5.41) is 9.54. The predicted molar refractivity (Wildman–Crippen MR) is 392 cm³/mol. The van der Waals surface area contributed by atoms with Crippen LogP contribution in [0.25, 0.3) is 177 Å². The molecule has 0 spiro atoms. The molecule has 0 aliphatic carbocycles. The summed E-state index contributed by atoms with van der Waals surface area (Å²) in [6.45, 7) is 0. The van der Waals surface area contributed by atoms with Crippen LogP contribution in [0.15, 0.2) is 340 Å². The molecule has 94 heavy (non-hydrogen) atoms. The SMILES string of the molecule is c1ccc(-c2cccc(-c3cc(-c4cccc(-n5c6ccccc6c6cc(-c7ccc8c(c7)c7ccccc7n8-c7ccccc7)ccc65)c4)nc(-n4c5ccccc5c5cc(-c6ccc7c(c6)c6ccccc6n7-c6ccccc6)ccc54)n3)c2-c2ccccc2)cc1. The first-order valence-corrected chi connectivity index (χ1v) is 32.1. The summed E-state index contributed by atoms with van der Waals surface area (Å²) in [7, 11) is 0. The third-order valence-corrected chi connectivity index (χ3v) is 19.2. The summed E-state index contributed by atoms with van der Waals surface area (Å²) in [6.07, 6.45) is 0. The van der Waals surface area contributed by atoms with Crippen LogP contribution < -0.4 is 0 Å². The van der Waals surface area contributed by atoms with Crippen LogP contribution in [0.4, 0.5) is 0 Å². The van der Waals surface area contributed by atoms with Gasteiger partial charge in [-0.05, 0) is 160 Å². The molecule has 0 unspecified atom stereocenters. The minimum Gasteiger partial charge on any atom is -0.309 e. The van der Waals surface area contributed by atoms with Crippen LogP contribution in [0.2, 0.25) is 0 Å². The van der Waals surface area contributed by atoms with Gasteiger partial charge in [-0.2, -0.15) is 0 Å². The highest BCUT2D eigenvalue weighted by Crippen LogP contribution is 2.44. The van der Waals surface area contributed by atoms with Crippen LogP contribution in [-0.2, 0) is 0 Å². The van der Waals surface area contributed by atoms with E-state index in [2.05, 4.69) is 358 Å². The second-order valence-corrected chi connectivity index (χ2v) is 24.5. The third-order valence-electron chi connectivity index (χ3n) is 19.2. The van der Waals surface area contributed by atoms with E-state index in [0.29, 0.717) is 5.95 Å². The summed E-state index contributed by atoms with van der Waals surface area (Å²) in [4.78, 5) is 11.5. The number of rotatable bonds is 10. The topological polar surface area (TPSA) is 45.5 Å². The Labute approximate surface area is 542 Å². The van der Waals surface area contributed by atoms with E-state index < -0.39 is 0 Å². The molecular weight excluding hydrogens is 1140 g/mol. The van der Waals surface area contributed by atoms with Gasteiger partial charge in [-0.3, -0.25) is 4.57 Å². The van der Waals surface area contributed by atoms with Gasteiger partial charge in [0.15, 0.2) is 0 Å². The van der Waals surface area contributed by atoms with E-state index in [1.165, 1.54) is 65.5 Å². The van der Waals surface area contributed by atoms with Crippen molar-refractivity contribution in [3.8, 4) is 90.0 Å². The second kappa shape index (κ2) is 21.5. The summed E-state index contributed by atoms with van der Waals surface area (Å²) < 4.78 is 9.44. The van der Waals surface area contributed by atoms with Crippen LogP contribution in [0, 0.1) is 0 Å². The summed E-state index contributed by atoms with van der Waals surface area (Å²) >= 11 is 0. The summed E-state index contributed by atoms with van der Waals surface area (Å²) in [6, 6.07) is 123. The second-order valence-electron chi connectivity index (χ2n) is 24.5. The van der Waals surface area contributed by atoms with Crippen LogP contribution in [-0.4, -0.2) is 28.2 Å². The maximum Gasteiger partial charge on any atom is 0.235 e. The minimum atomic E-state index is 0.586. The smallest absolute Gasteiger partial charge is 0.235 e. The maximum absolute atomic E-state index is 5.74. The summed E-state index contributed by atoms with van der Waals surface area (Å²) in [5.41, 5.74) is 25.1. The molecule has 0 bridgehead atoms. The molecule has 0 N–H and O–H groups in total. The van der Waals surface area contributed by atoms with Crippen molar-refractivity contribution in [3.63, 3.8) is 0 Å². The van der Waals surface area contributed by atoms with Gasteiger partial charge < -0.3 is 13.7 Å². The lowest BCUT2D eigenvalue weighted by molar-refractivity contribution is 0.995. The van der Waals surface area contributed by atoms with E-state index in [4.69, 9.17) is 9.97 Å². The zero-order valence-corrected chi connectivity index (χ0v) is 51.0. The molecule has 5 heterocycles. The van der Waals surface area contributed by atoms with Gasteiger partial charge in [-0.1, -0.05) is 224 Å². The molecule has 19 rings (SSSR count). The molecule has 0 amide bonds. The van der Waals surface area contributed by atoms with Crippen molar-refractivity contribution < 1.29 is 0 Å². The van der Waals surface area contributed by atoms with Crippen LogP contribution in [0.5, 0.6) is 0 Å². The van der Waals surface area contributed by atoms with E-state index in [1.807, 2.05) is 0 Å². The number of nitrogens with zero attached hydrogens (tertiary/aromatic N) is 6. The Morgan fingerprint density at radius 3 is 0.979 bits per heavy atom. The molecule has 6 nitrogen and oxygen atoms in total. The van der Waals surface area contributed by atoms with Crippen molar-refractivity contribution in [1.82, 2.24) is 28.2 Å². The fraction of sp³-hybridized carbons (Fsp3) is 0. The van der Waals surface area contributed by atoms with Gasteiger partial charge in [-0.15, -0.1) is 0 Å². The first kappa shape index (κ1) is 53.2. The van der Waals surface area contributed by atoms with Crippen LogP contribution in [0.3, 0.4) is 0 Å².